The number of unbranched alkanes of at least 4 members (excludes halogenated alkanes) is 16. The van der Waals surface area contributed by atoms with E-state index in [9.17, 15) is 9.59 Å². The van der Waals surface area contributed by atoms with Gasteiger partial charge in [-0.15, -0.1) is 0 Å². The molecule has 1 unspecified atom stereocenters. The molecule has 0 saturated carbocycles. The Hall–Kier alpha value is -1.06. The van der Waals surface area contributed by atoms with Crippen molar-refractivity contribution in [2.75, 3.05) is 13.2 Å². The van der Waals surface area contributed by atoms with Crippen LogP contribution in [0.5, 0.6) is 0 Å². The Labute approximate surface area is 218 Å². The molecule has 0 rings (SSSR count). The lowest BCUT2D eigenvalue weighted by atomic mass is 9.95. The lowest BCUT2D eigenvalue weighted by Gasteiger charge is -2.14. The van der Waals surface area contributed by atoms with E-state index in [2.05, 4.69) is 20.8 Å². The maximum atomic E-state index is 12.1. The van der Waals surface area contributed by atoms with Gasteiger partial charge in [-0.05, 0) is 31.6 Å². The fourth-order valence-electron chi connectivity index (χ4n) is 4.54. The second-order valence-corrected chi connectivity index (χ2v) is 10.5. The van der Waals surface area contributed by atoms with Gasteiger partial charge in [-0.25, -0.2) is 0 Å². The van der Waals surface area contributed by atoms with Crippen LogP contribution >= 0.6 is 0 Å². The highest BCUT2D eigenvalue weighted by atomic mass is 16.5. The van der Waals surface area contributed by atoms with E-state index >= 15 is 0 Å². The van der Waals surface area contributed by atoms with Gasteiger partial charge in [-0.3, -0.25) is 9.59 Å². The van der Waals surface area contributed by atoms with Crippen LogP contribution in [0.15, 0.2) is 0 Å². The smallest absolute Gasteiger partial charge is 0.306 e. The van der Waals surface area contributed by atoms with Crippen molar-refractivity contribution in [3.8, 4) is 0 Å². The molecule has 208 valence electrons. The monoisotopic (exact) mass is 496 g/mol. The maximum absolute atomic E-state index is 12.1. The van der Waals surface area contributed by atoms with Gasteiger partial charge < -0.3 is 9.47 Å². The Morgan fingerprint density at radius 2 is 0.943 bits per heavy atom. The predicted octanol–water partition coefficient (Wildman–Crippen LogP) is 9.72. The van der Waals surface area contributed by atoms with Crippen molar-refractivity contribution in [2.24, 2.45) is 5.92 Å². The third-order valence-corrected chi connectivity index (χ3v) is 7.05. The molecule has 35 heavy (non-hydrogen) atoms. The van der Waals surface area contributed by atoms with Crippen LogP contribution in [0.1, 0.15) is 168 Å². The Morgan fingerprint density at radius 3 is 1.46 bits per heavy atom. The molecule has 4 nitrogen and oxygen atoms in total. The van der Waals surface area contributed by atoms with E-state index in [1.54, 1.807) is 0 Å². The van der Waals surface area contributed by atoms with Gasteiger partial charge in [0.2, 0.25) is 0 Å². The minimum Gasteiger partial charge on any atom is -0.466 e. The van der Waals surface area contributed by atoms with E-state index in [1.807, 2.05) is 0 Å². The molecule has 0 saturated heterocycles. The largest absolute Gasteiger partial charge is 0.466 e. The molecule has 0 bridgehead atoms. The van der Waals surface area contributed by atoms with E-state index < -0.39 is 0 Å². The molecule has 0 aromatic carbocycles. The minimum absolute atomic E-state index is 0.00279. The Morgan fingerprint density at radius 1 is 0.514 bits per heavy atom. The van der Waals surface area contributed by atoms with Crippen molar-refractivity contribution in [3.05, 3.63) is 0 Å². The third-order valence-electron chi connectivity index (χ3n) is 7.05. The van der Waals surface area contributed by atoms with E-state index in [-0.39, 0.29) is 11.9 Å². The Bertz CT molecular complexity index is 463. The summed E-state index contributed by atoms with van der Waals surface area (Å²) < 4.78 is 10.8. The second-order valence-electron chi connectivity index (χ2n) is 10.5. The zero-order valence-electron chi connectivity index (χ0n) is 23.9. The molecule has 0 aliphatic heterocycles. The molecule has 1 atom stereocenters. The lowest BCUT2D eigenvalue weighted by Crippen LogP contribution is -2.12. The lowest BCUT2D eigenvalue weighted by molar-refractivity contribution is -0.145. The molecule has 0 heterocycles. The maximum Gasteiger partial charge on any atom is 0.306 e. The van der Waals surface area contributed by atoms with Crippen LogP contribution in [0.4, 0.5) is 0 Å². The summed E-state index contributed by atoms with van der Waals surface area (Å²) in [5, 5.41) is 0. The van der Waals surface area contributed by atoms with Crippen LogP contribution < -0.4 is 0 Å². The molecule has 0 aromatic rings. The fraction of sp³-hybridized carbons (Fsp3) is 0.935. The van der Waals surface area contributed by atoms with Crippen molar-refractivity contribution >= 4 is 11.9 Å². The Balaban J connectivity index is 3.44. The van der Waals surface area contributed by atoms with Crippen LogP contribution in [-0.4, -0.2) is 25.2 Å². The Kier molecular flexibility index (Phi) is 26.7. The summed E-state index contributed by atoms with van der Waals surface area (Å²) in [7, 11) is 0. The number of carbonyl (C=O) groups is 2. The van der Waals surface area contributed by atoms with E-state index in [0.29, 0.717) is 32.0 Å². The molecule has 0 N–H and O–H groups in total. The van der Waals surface area contributed by atoms with Crippen LogP contribution in [0, 0.1) is 5.92 Å². The third kappa shape index (κ3) is 25.8. The van der Waals surface area contributed by atoms with E-state index in [0.717, 1.165) is 38.5 Å². The molecule has 0 radical (unpaired) electrons. The van der Waals surface area contributed by atoms with Gasteiger partial charge in [0.25, 0.3) is 0 Å². The molecule has 0 aromatic heterocycles. The summed E-state index contributed by atoms with van der Waals surface area (Å²) in [5.41, 5.74) is 0. The number of carbonyl (C=O) groups excluding carboxylic acids is 2. The van der Waals surface area contributed by atoms with Gasteiger partial charge in [0.15, 0.2) is 0 Å². The fourth-order valence-corrected chi connectivity index (χ4v) is 4.54. The summed E-state index contributed by atoms with van der Waals surface area (Å²) in [6.45, 7) is 7.82. The summed E-state index contributed by atoms with van der Waals surface area (Å²) >= 11 is 0. The van der Waals surface area contributed by atoms with Crippen LogP contribution in [-0.2, 0) is 19.1 Å². The average molecular weight is 497 g/mol. The van der Waals surface area contributed by atoms with Crippen LogP contribution in [0.3, 0.4) is 0 Å². The highest BCUT2D eigenvalue weighted by molar-refractivity contribution is 5.69. The summed E-state index contributed by atoms with van der Waals surface area (Å²) in [6, 6.07) is 0. The number of hydrogen-bond donors (Lipinski definition) is 0. The van der Waals surface area contributed by atoms with Gasteiger partial charge in [-0.2, -0.15) is 0 Å². The normalized spacial score (nSPS) is 12.0. The second kappa shape index (κ2) is 27.5. The number of rotatable bonds is 27. The zero-order chi connectivity index (χ0) is 25.8. The van der Waals surface area contributed by atoms with Crippen LogP contribution in [0.25, 0.3) is 0 Å². The first kappa shape index (κ1) is 33.9. The van der Waals surface area contributed by atoms with Gasteiger partial charge in [0, 0.05) is 12.8 Å². The van der Waals surface area contributed by atoms with E-state index in [4.69, 9.17) is 9.47 Å². The van der Waals surface area contributed by atoms with Crippen LogP contribution in [0.2, 0.25) is 0 Å². The van der Waals surface area contributed by atoms with Gasteiger partial charge in [0.1, 0.15) is 0 Å². The topological polar surface area (TPSA) is 52.6 Å². The standard InChI is InChI=1S/C31H60O4/c1-4-7-9-18-22-26-34-30(32)25-21-17-15-13-11-12-14-16-20-24-29(6-3)28-31(33)35-27-23-19-10-8-5-2/h29H,4-28H2,1-3H3. The molecule has 0 aliphatic carbocycles. The molecule has 0 amide bonds. The van der Waals surface area contributed by atoms with Crippen molar-refractivity contribution in [1.82, 2.24) is 0 Å². The number of ether oxygens (including phenoxy) is 2. The first-order valence-electron chi connectivity index (χ1n) is 15.4. The molecule has 0 spiro atoms. The first-order valence-corrected chi connectivity index (χ1v) is 15.4. The number of esters is 2. The molecule has 4 heteroatoms. The molecule has 0 aliphatic rings. The average Bonchev–Trinajstić information content (AvgIpc) is 2.85. The SMILES string of the molecule is CCCCCCCOC(=O)CCCCCCCCCCCC(CC)CC(=O)OCCCCCCC. The summed E-state index contributed by atoms with van der Waals surface area (Å²) in [5.74, 6) is 0.472. The molecular formula is C31H60O4. The predicted molar refractivity (Wildman–Crippen MR) is 149 cm³/mol. The van der Waals surface area contributed by atoms with E-state index in [1.165, 1.54) is 96.3 Å². The molecule has 0 fully saturated rings. The summed E-state index contributed by atoms with van der Waals surface area (Å²) in [4.78, 5) is 23.8. The van der Waals surface area contributed by atoms with Crippen molar-refractivity contribution in [1.29, 1.82) is 0 Å². The first-order chi connectivity index (χ1) is 17.1. The van der Waals surface area contributed by atoms with Crippen molar-refractivity contribution in [3.63, 3.8) is 0 Å². The zero-order valence-corrected chi connectivity index (χ0v) is 23.9. The van der Waals surface area contributed by atoms with Gasteiger partial charge in [-0.1, -0.05) is 130 Å². The summed E-state index contributed by atoms with van der Waals surface area (Å²) in [6.07, 6.45) is 26.3. The van der Waals surface area contributed by atoms with Crippen molar-refractivity contribution in [2.45, 2.75) is 168 Å². The van der Waals surface area contributed by atoms with Gasteiger partial charge in [0.05, 0.1) is 13.2 Å². The van der Waals surface area contributed by atoms with Gasteiger partial charge >= 0.3 is 11.9 Å². The highest BCUT2D eigenvalue weighted by Crippen LogP contribution is 2.19. The quantitative estimate of drug-likeness (QED) is 0.0838. The van der Waals surface area contributed by atoms with Crippen molar-refractivity contribution < 1.29 is 19.1 Å². The highest BCUT2D eigenvalue weighted by Gasteiger charge is 2.13. The number of hydrogen-bond acceptors (Lipinski definition) is 4. The minimum atomic E-state index is -0.0125. The molecular weight excluding hydrogens is 436 g/mol.